The number of hydrogen-bond donors (Lipinski definition) is 1. The number of benzene rings is 2. The number of nitrogens with one attached hydrogen (secondary N) is 1. The van der Waals surface area contributed by atoms with Gasteiger partial charge in [-0.05, 0) is 41.5 Å². The second-order valence-corrected chi connectivity index (χ2v) is 7.66. The van der Waals surface area contributed by atoms with E-state index in [4.69, 9.17) is 16.3 Å². The zero-order valence-electron chi connectivity index (χ0n) is 15.7. The van der Waals surface area contributed by atoms with Gasteiger partial charge in [-0.15, -0.1) is 0 Å². The van der Waals surface area contributed by atoms with E-state index in [1.165, 1.54) is 0 Å². The standard InChI is InChI=1S/C23H16ClN5O/c24-16-7-3-5-14(11-16)22-19-20(17-8-1-2-9-18(17)30-22)28-23-26-13-27-29(23)21(19)15-6-4-10-25-12-15/h1-13,21-22H,(H,26,27,28)/t21-,22+/m0/s1. The van der Waals surface area contributed by atoms with Crippen LogP contribution in [-0.2, 0) is 0 Å². The summed E-state index contributed by atoms with van der Waals surface area (Å²) in [6.45, 7) is 0. The molecule has 0 amide bonds. The van der Waals surface area contributed by atoms with Crippen molar-refractivity contribution in [2.75, 3.05) is 5.32 Å². The Morgan fingerprint density at radius 2 is 1.90 bits per heavy atom. The predicted molar refractivity (Wildman–Crippen MR) is 114 cm³/mol. The molecule has 0 fully saturated rings. The molecule has 0 radical (unpaired) electrons. The molecule has 0 saturated heterocycles. The van der Waals surface area contributed by atoms with Gasteiger partial charge < -0.3 is 10.1 Å². The third-order valence-corrected chi connectivity index (χ3v) is 5.71. The summed E-state index contributed by atoms with van der Waals surface area (Å²) < 4.78 is 8.43. The van der Waals surface area contributed by atoms with Gasteiger partial charge in [0.15, 0.2) is 0 Å². The number of rotatable bonds is 2. The summed E-state index contributed by atoms with van der Waals surface area (Å²) in [4.78, 5) is 8.78. The van der Waals surface area contributed by atoms with E-state index in [-0.39, 0.29) is 12.1 Å². The highest BCUT2D eigenvalue weighted by molar-refractivity contribution is 6.30. The number of para-hydroxylation sites is 1. The minimum Gasteiger partial charge on any atom is -0.480 e. The fraction of sp³-hybridized carbons (Fsp3) is 0.0870. The van der Waals surface area contributed by atoms with Crippen LogP contribution in [0.3, 0.4) is 0 Å². The molecule has 4 aromatic rings. The number of hydrogen-bond acceptors (Lipinski definition) is 5. The normalized spacial score (nSPS) is 19.2. The number of aromatic nitrogens is 4. The first kappa shape index (κ1) is 17.2. The lowest BCUT2D eigenvalue weighted by Gasteiger charge is -2.38. The van der Waals surface area contributed by atoms with E-state index >= 15 is 0 Å². The Morgan fingerprint density at radius 3 is 2.77 bits per heavy atom. The van der Waals surface area contributed by atoms with Crippen LogP contribution in [0.5, 0.6) is 5.75 Å². The van der Waals surface area contributed by atoms with Gasteiger partial charge >= 0.3 is 0 Å². The monoisotopic (exact) mass is 413 g/mol. The number of pyridine rings is 1. The smallest absolute Gasteiger partial charge is 0.226 e. The summed E-state index contributed by atoms with van der Waals surface area (Å²) >= 11 is 6.33. The van der Waals surface area contributed by atoms with Gasteiger partial charge in [0.2, 0.25) is 5.95 Å². The van der Waals surface area contributed by atoms with E-state index in [0.29, 0.717) is 11.0 Å². The van der Waals surface area contributed by atoms with Crippen LogP contribution in [0.1, 0.15) is 28.8 Å². The molecule has 0 unspecified atom stereocenters. The highest BCUT2D eigenvalue weighted by Gasteiger charge is 2.40. The Hall–Kier alpha value is -3.64. The van der Waals surface area contributed by atoms with Crippen LogP contribution < -0.4 is 10.1 Å². The highest BCUT2D eigenvalue weighted by Crippen LogP contribution is 2.50. The Kier molecular flexibility index (Phi) is 3.86. The molecular formula is C23H16ClN5O. The van der Waals surface area contributed by atoms with Crippen LogP contribution >= 0.6 is 11.6 Å². The van der Waals surface area contributed by atoms with E-state index in [1.807, 2.05) is 59.4 Å². The fourth-order valence-corrected chi connectivity index (χ4v) is 4.42. The van der Waals surface area contributed by atoms with Crippen molar-refractivity contribution in [1.29, 1.82) is 0 Å². The van der Waals surface area contributed by atoms with E-state index in [2.05, 4.69) is 32.5 Å². The molecule has 6 rings (SSSR count). The van der Waals surface area contributed by atoms with Crippen molar-refractivity contribution >= 4 is 23.2 Å². The Labute approximate surface area is 177 Å². The van der Waals surface area contributed by atoms with Gasteiger partial charge in [0.05, 0.1) is 5.70 Å². The van der Waals surface area contributed by atoms with Gasteiger partial charge in [0.1, 0.15) is 24.2 Å². The second-order valence-electron chi connectivity index (χ2n) is 7.22. The Balaban J connectivity index is 1.64. The maximum absolute atomic E-state index is 6.55. The number of halogens is 1. The van der Waals surface area contributed by atoms with Gasteiger partial charge in [-0.25, -0.2) is 4.68 Å². The van der Waals surface area contributed by atoms with Crippen molar-refractivity contribution in [3.8, 4) is 5.75 Å². The molecule has 0 saturated carbocycles. The topological polar surface area (TPSA) is 64.9 Å². The van der Waals surface area contributed by atoms with Crippen LogP contribution in [0.4, 0.5) is 5.95 Å². The largest absolute Gasteiger partial charge is 0.480 e. The minimum atomic E-state index is -0.344. The number of fused-ring (bicyclic) bond motifs is 3. The summed E-state index contributed by atoms with van der Waals surface area (Å²) in [6, 6.07) is 19.6. The summed E-state index contributed by atoms with van der Waals surface area (Å²) in [5.74, 6) is 1.50. The van der Waals surface area contributed by atoms with Gasteiger partial charge in [0.25, 0.3) is 0 Å². The molecule has 30 heavy (non-hydrogen) atoms. The molecule has 0 aliphatic carbocycles. The maximum Gasteiger partial charge on any atom is 0.226 e. The summed E-state index contributed by atoms with van der Waals surface area (Å²) in [5.41, 5.74) is 5.00. The number of ether oxygens (including phenoxy) is 1. The molecule has 7 heteroatoms. The molecule has 1 N–H and O–H groups in total. The molecular weight excluding hydrogens is 398 g/mol. The molecule has 0 spiro atoms. The lowest BCUT2D eigenvalue weighted by Crippen LogP contribution is -2.32. The minimum absolute atomic E-state index is 0.218. The maximum atomic E-state index is 6.55. The first-order valence-electron chi connectivity index (χ1n) is 9.61. The van der Waals surface area contributed by atoms with E-state index < -0.39 is 0 Å². The number of anilines is 1. The molecule has 2 aliphatic heterocycles. The van der Waals surface area contributed by atoms with Crippen LogP contribution in [-0.4, -0.2) is 19.7 Å². The first-order chi connectivity index (χ1) is 14.8. The average Bonchev–Trinajstić information content (AvgIpc) is 3.26. The van der Waals surface area contributed by atoms with Crippen LogP contribution in [0.2, 0.25) is 5.02 Å². The second kappa shape index (κ2) is 6.71. The van der Waals surface area contributed by atoms with Crippen molar-refractivity contribution in [3.63, 3.8) is 0 Å². The van der Waals surface area contributed by atoms with Crippen molar-refractivity contribution in [1.82, 2.24) is 19.7 Å². The van der Waals surface area contributed by atoms with Crippen molar-refractivity contribution in [2.24, 2.45) is 0 Å². The molecule has 2 aliphatic rings. The third-order valence-electron chi connectivity index (χ3n) is 5.47. The van der Waals surface area contributed by atoms with Crippen molar-refractivity contribution in [2.45, 2.75) is 12.1 Å². The molecule has 6 nitrogen and oxygen atoms in total. The van der Waals surface area contributed by atoms with Gasteiger partial charge in [0, 0.05) is 28.6 Å². The number of nitrogens with zero attached hydrogens (tertiary/aromatic N) is 4. The zero-order valence-corrected chi connectivity index (χ0v) is 16.5. The van der Waals surface area contributed by atoms with E-state index in [1.54, 1.807) is 12.5 Å². The third kappa shape index (κ3) is 2.61. The fourth-order valence-electron chi connectivity index (χ4n) is 4.22. The van der Waals surface area contributed by atoms with Gasteiger partial charge in [-0.1, -0.05) is 41.9 Å². The van der Waals surface area contributed by atoms with Crippen LogP contribution in [0, 0.1) is 0 Å². The molecule has 4 heterocycles. The molecule has 0 bridgehead atoms. The molecule has 146 valence electrons. The van der Waals surface area contributed by atoms with E-state index in [9.17, 15) is 0 Å². The quantitative estimate of drug-likeness (QED) is 0.507. The first-order valence-corrected chi connectivity index (χ1v) is 9.99. The van der Waals surface area contributed by atoms with Gasteiger partial charge in [-0.2, -0.15) is 10.1 Å². The summed E-state index contributed by atoms with van der Waals surface area (Å²) in [6.07, 6.45) is 4.85. The van der Waals surface area contributed by atoms with Crippen LogP contribution in [0.15, 0.2) is 85.0 Å². The molecule has 2 aromatic heterocycles. The van der Waals surface area contributed by atoms with Crippen molar-refractivity contribution < 1.29 is 4.74 Å². The van der Waals surface area contributed by atoms with Crippen LogP contribution in [0.25, 0.3) is 5.70 Å². The van der Waals surface area contributed by atoms with E-state index in [0.717, 1.165) is 33.7 Å². The van der Waals surface area contributed by atoms with Crippen molar-refractivity contribution in [3.05, 3.63) is 107 Å². The highest BCUT2D eigenvalue weighted by atomic mass is 35.5. The zero-order chi connectivity index (χ0) is 20.1. The summed E-state index contributed by atoms with van der Waals surface area (Å²) in [7, 11) is 0. The van der Waals surface area contributed by atoms with Gasteiger partial charge in [-0.3, -0.25) is 4.98 Å². The Morgan fingerprint density at radius 1 is 1.00 bits per heavy atom. The summed E-state index contributed by atoms with van der Waals surface area (Å²) in [5, 5.41) is 8.66. The predicted octanol–water partition coefficient (Wildman–Crippen LogP) is 4.89. The molecule has 2 atom stereocenters. The lowest BCUT2D eigenvalue weighted by atomic mass is 9.85. The Bertz CT molecular complexity index is 1280. The average molecular weight is 414 g/mol. The lowest BCUT2D eigenvalue weighted by molar-refractivity contribution is 0.223. The molecule has 2 aromatic carbocycles. The SMILES string of the molecule is Clc1cccc([C@H]2Oc3ccccc3C3=C2[C@H](c2cccnc2)n2ncnc2N3)c1.